The molecule has 0 saturated carbocycles. The van der Waals surface area contributed by atoms with Crippen LogP contribution < -0.4 is 5.56 Å². The summed E-state index contributed by atoms with van der Waals surface area (Å²) >= 11 is 0. The van der Waals surface area contributed by atoms with Crippen LogP contribution in [0.4, 0.5) is 0 Å². The molecule has 4 heteroatoms. The molecule has 1 aromatic heterocycles. The highest BCUT2D eigenvalue weighted by Crippen LogP contribution is 1.96. The summed E-state index contributed by atoms with van der Waals surface area (Å²) in [6.45, 7) is 1.79. The summed E-state index contributed by atoms with van der Waals surface area (Å²) in [4.78, 5) is 10.7. The standard InChI is InChI=1S/C6H10N2O2/c1-4-5(2-3-9)7-8-6(4)10/h9H,2-3H2,1H3,(H2,7,8,10). The van der Waals surface area contributed by atoms with Gasteiger partial charge in [-0.05, 0) is 6.92 Å². The number of aromatic nitrogens is 2. The molecule has 0 saturated heterocycles. The minimum atomic E-state index is -0.108. The molecule has 0 aliphatic rings. The average molecular weight is 142 g/mol. The summed E-state index contributed by atoms with van der Waals surface area (Å²) in [5.74, 6) is 0. The summed E-state index contributed by atoms with van der Waals surface area (Å²) in [5.41, 5.74) is 1.34. The van der Waals surface area contributed by atoms with Crippen LogP contribution in [0.5, 0.6) is 0 Å². The molecule has 0 aromatic carbocycles. The van der Waals surface area contributed by atoms with E-state index in [1.807, 2.05) is 0 Å². The topological polar surface area (TPSA) is 68.9 Å². The quantitative estimate of drug-likeness (QED) is 0.523. The number of aromatic amines is 2. The van der Waals surface area contributed by atoms with Crippen molar-refractivity contribution >= 4 is 0 Å². The van der Waals surface area contributed by atoms with E-state index in [2.05, 4.69) is 10.2 Å². The SMILES string of the molecule is Cc1c(CCO)[nH][nH]c1=O. The third-order valence-electron chi connectivity index (χ3n) is 1.48. The summed E-state index contributed by atoms with van der Waals surface area (Å²) in [5, 5.41) is 13.6. The van der Waals surface area contributed by atoms with Crippen molar-refractivity contribution in [1.29, 1.82) is 0 Å². The molecule has 0 amide bonds. The van der Waals surface area contributed by atoms with E-state index in [9.17, 15) is 4.79 Å². The van der Waals surface area contributed by atoms with Crippen molar-refractivity contribution in [2.75, 3.05) is 6.61 Å². The zero-order chi connectivity index (χ0) is 7.56. The molecule has 0 radical (unpaired) electrons. The maximum Gasteiger partial charge on any atom is 0.267 e. The van der Waals surface area contributed by atoms with Crippen molar-refractivity contribution in [3.05, 3.63) is 21.6 Å². The van der Waals surface area contributed by atoms with Gasteiger partial charge < -0.3 is 10.2 Å². The smallest absolute Gasteiger partial charge is 0.267 e. The van der Waals surface area contributed by atoms with Crippen LogP contribution in [0.2, 0.25) is 0 Å². The molecule has 3 N–H and O–H groups in total. The highest BCUT2D eigenvalue weighted by Gasteiger charge is 2.01. The highest BCUT2D eigenvalue weighted by molar-refractivity contribution is 5.13. The molecular weight excluding hydrogens is 132 g/mol. The van der Waals surface area contributed by atoms with E-state index < -0.39 is 0 Å². The highest BCUT2D eigenvalue weighted by atomic mass is 16.3. The van der Waals surface area contributed by atoms with Crippen molar-refractivity contribution in [3.63, 3.8) is 0 Å². The third kappa shape index (κ3) is 1.11. The number of aliphatic hydroxyl groups excluding tert-OH is 1. The molecule has 0 aliphatic carbocycles. The molecule has 0 spiro atoms. The Bertz CT molecular complexity index is 261. The maximum atomic E-state index is 10.7. The number of hydrogen-bond donors (Lipinski definition) is 3. The minimum absolute atomic E-state index is 0.0641. The predicted octanol–water partition coefficient (Wildman–Crippen LogP) is -0.454. The molecule has 0 aliphatic heterocycles. The molecule has 0 fully saturated rings. The Hall–Kier alpha value is -1.03. The normalized spacial score (nSPS) is 10.2. The third-order valence-corrected chi connectivity index (χ3v) is 1.48. The Morgan fingerprint density at radius 3 is 2.60 bits per heavy atom. The van der Waals surface area contributed by atoms with Gasteiger partial charge in [0.05, 0.1) is 0 Å². The Balaban J connectivity index is 2.94. The molecule has 1 rings (SSSR count). The fraction of sp³-hybridized carbons (Fsp3) is 0.500. The molecule has 1 heterocycles. The lowest BCUT2D eigenvalue weighted by Gasteiger charge is -1.91. The zero-order valence-electron chi connectivity index (χ0n) is 5.77. The summed E-state index contributed by atoms with van der Waals surface area (Å²) in [6, 6.07) is 0. The molecule has 1 aromatic rings. The van der Waals surface area contributed by atoms with Crippen LogP contribution in [0.15, 0.2) is 4.79 Å². The first-order valence-corrected chi connectivity index (χ1v) is 3.12. The van der Waals surface area contributed by atoms with Gasteiger partial charge in [-0.25, -0.2) is 0 Å². The Morgan fingerprint density at radius 1 is 1.50 bits per heavy atom. The van der Waals surface area contributed by atoms with E-state index in [0.29, 0.717) is 12.0 Å². The molecule has 4 nitrogen and oxygen atoms in total. The van der Waals surface area contributed by atoms with Crippen molar-refractivity contribution in [1.82, 2.24) is 10.2 Å². The van der Waals surface area contributed by atoms with Gasteiger partial charge in [0.25, 0.3) is 5.56 Å². The van der Waals surface area contributed by atoms with E-state index in [0.717, 1.165) is 5.69 Å². The lowest BCUT2D eigenvalue weighted by molar-refractivity contribution is 0.298. The van der Waals surface area contributed by atoms with Crippen LogP contribution in [-0.2, 0) is 6.42 Å². The summed E-state index contributed by atoms with van der Waals surface area (Å²) in [6.07, 6.45) is 0.505. The minimum Gasteiger partial charge on any atom is -0.396 e. The van der Waals surface area contributed by atoms with Gasteiger partial charge in [0.15, 0.2) is 0 Å². The Morgan fingerprint density at radius 2 is 2.20 bits per heavy atom. The molecular formula is C6H10N2O2. The van der Waals surface area contributed by atoms with Gasteiger partial charge in [0.1, 0.15) is 0 Å². The van der Waals surface area contributed by atoms with Crippen molar-refractivity contribution in [2.45, 2.75) is 13.3 Å². The fourth-order valence-corrected chi connectivity index (χ4v) is 0.819. The van der Waals surface area contributed by atoms with Crippen LogP contribution in [0.3, 0.4) is 0 Å². The number of H-pyrrole nitrogens is 2. The predicted molar refractivity (Wildman–Crippen MR) is 36.9 cm³/mol. The van der Waals surface area contributed by atoms with E-state index in [-0.39, 0.29) is 12.2 Å². The van der Waals surface area contributed by atoms with E-state index in [1.54, 1.807) is 6.92 Å². The van der Waals surface area contributed by atoms with Gasteiger partial charge in [-0.15, -0.1) is 0 Å². The summed E-state index contributed by atoms with van der Waals surface area (Å²) in [7, 11) is 0. The molecule has 0 unspecified atom stereocenters. The lowest BCUT2D eigenvalue weighted by Crippen LogP contribution is -2.02. The van der Waals surface area contributed by atoms with Crippen molar-refractivity contribution < 1.29 is 5.11 Å². The van der Waals surface area contributed by atoms with Crippen LogP contribution >= 0.6 is 0 Å². The number of rotatable bonds is 2. The van der Waals surface area contributed by atoms with E-state index in [4.69, 9.17) is 5.11 Å². The van der Waals surface area contributed by atoms with Gasteiger partial charge in [-0.3, -0.25) is 9.89 Å². The number of hydrogen-bond acceptors (Lipinski definition) is 2. The number of aliphatic hydroxyl groups is 1. The van der Waals surface area contributed by atoms with E-state index >= 15 is 0 Å². The summed E-state index contributed by atoms with van der Waals surface area (Å²) < 4.78 is 0. The fourth-order valence-electron chi connectivity index (χ4n) is 0.819. The van der Waals surface area contributed by atoms with Crippen LogP contribution in [0.25, 0.3) is 0 Å². The van der Waals surface area contributed by atoms with Crippen LogP contribution in [0.1, 0.15) is 11.3 Å². The average Bonchev–Trinajstić information content (AvgIpc) is 2.20. The molecule has 0 atom stereocenters. The first kappa shape index (κ1) is 7.08. The maximum absolute atomic E-state index is 10.7. The monoisotopic (exact) mass is 142 g/mol. The van der Waals surface area contributed by atoms with Crippen LogP contribution in [-0.4, -0.2) is 21.9 Å². The Labute approximate surface area is 57.9 Å². The second-order valence-corrected chi connectivity index (χ2v) is 2.16. The largest absolute Gasteiger partial charge is 0.396 e. The Kier molecular flexibility index (Phi) is 1.91. The second-order valence-electron chi connectivity index (χ2n) is 2.16. The van der Waals surface area contributed by atoms with Gasteiger partial charge in [-0.1, -0.05) is 0 Å². The number of nitrogens with one attached hydrogen (secondary N) is 2. The molecule has 56 valence electrons. The zero-order valence-corrected chi connectivity index (χ0v) is 5.77. The first-order chi connectivity index (χ1) is 4.75. The second kappa shape index (κ2) is 2.70. The van der Waals surface area contributed by atoms with Gasteiger partial charge in [-0.2, -0.15) is 0 Å². The van der Waals surface area contributed by atoms with Gasteiger partial charge >= 0.3 is 0 Å². The van der Waals surface area contributed by atoms with Crippen molar-refractivity contribution in [3.8, 4) is 0 Å². The lowest BCUT2D eigenvalue weighted by atomic mass is 10.2. The van der Waals surface area contributed by atoms with Crippen molar-refractivity contribution in [2.24, 2.45) is 0 Å². The van der Waals surface area contributed by atoms with Crippen LogP contribution in [0, 0.1) is 6.92 Å². The molecule has 0 bridgehead atoms. The first-order valence-electron chi connectivity index (χ1n) is 3.12. The van der Waals surface area contributed by atoms with E-state index in [1.165, 1.54) is 0 Å². The molecule has 10 heavy (non-hydrogen) atoms. The van der Waals surface area contributed by atoms with Gasteiger partial charge in [0.2, 0.25) is 0 Å². The van der Waals surface area contributed by atoms with Gasteiger partial charge in [0, 0.05) is 24.3 Å².